The first-order valence-electron chi connectivity index (χ1n) is 5.26. The lowest BCUT2D eigenvalue weighted by Gasteiger charge is -2.07. The summed E-state index contributed by atoms with van der Waals surface area (Å²) in [5.74, 6) is 0.197. The number of hydrogen-bond acceptors (Lipinski definition) is 5. The summed E-state index contributed by atoms with van der Waals surface area (Å²) < 4.78 is 29.1. The van der Waals surface area contributed by atoms with E-state index in [-0.39, 0.29) is 15.5 Å². The molecule has 5 nitrogen and oxygen atoms in total. The molecule has 0 unspecified atom stereocenters. The normalized spacial score (nSPS) is 11.5. The summed E-state index contributed by atoms with van der Waals surface area (Å²) >= 11 is 0. The highest BCUT2D eigenvalue weighted by Crippen LogP contribution is 2.30. The van der Waals surface area contributed by atoms with Crippen molar-refractivity contribution in [3.63, 3.8) is 0 Å². The molecule has 0 spiro atoms. The number of benzene rings is 2. The lowest BCUT2D eigenvalue weighted by atomic mass is 10.3. The Morgan fingerprint density at radius 3 is 1.89 bits per heavy atom. The zero-order valence-corrected chi connectivity index (χ0v) is 11.4. The second-order valence-corrected chi connectivity index (χ2v) is 6.27. The van der Waals surface area contributed by atoms with Gasteiger partial charge in [0.1, 0.15) is 5.75 Å². The van der Waals surface area contributed by atoms with E-state index in [2.05, 4.69) is 4.52 Å². The third kappa shape index (κ3) is 3.30. The Morgan fingerprint density at radius 2 is 1.37 bits per heavy atom. The van der Waals surface area contributed by atoms with Crippen LogP contribution in [0.2, 0.25) is 0 Å². The Balaban J connectivity index is 2.32. The third-order valence-electron chi connectivity index (χ3n) is 2.37. The van der Waals surface area contributed by atoms with E-state index < -0.39 is 18.4 Å². The van der Waals surface area contributed by atoms with Gasteiger partial charge >= 0.3 is 8.60 Å². The lowest BCUT2D eigenvalue weighted by molar-refractivity contribution is 0.375. The predicted molar refractivity (Wildman–Crippen MR) is 70.3 cm³/mol. The standard InChI is InChI=1S/C12H11O5PS/c13-18(14)17-10-6-8-12(9-7-10)19(15,16)11-4-2-1-3-5-11/h1-9,13-14H. The van der Waals surface area contributed by atoms with E-state index in [0.717, 1.165) is 0 Å². The Bertz CT molecular complexity index is 638. The molecule has 0 heterocycles. The molecule has 0 amide bonds. The van der Waals surface area contributed by atoms with Crippen molar-refractivity contribution in [3.8, 4) is 5.75 Å². The predicted octanol–water partition coefficient (Wildman–Crippen LogP) is 2.11. The number of rotatable bonds is 4. The van der Waals surface area contributed by atoms with E-state index in [1.807, 2.05) is 0 Å². The summed E-state index contributed by atoms with van der Waals surface area (Å²) in [5.41, 5.74) is 0. The Morgan fingerprint density at radius 1 is 0.842 bits per heavy atom. The molecule has 2 aromatic rings. The van der Waals surface area contributed by atoms with E-state index in [1.165, 1.54) is 36.4 Å². The minimum absolute atomic E-state index is 0.117. The minimum atomic E-state index is -3.56. The van der Waals surface area contributed by atoms with Gasteiger partial charge in [0.2, 0.25) is 9.84 Å². The van der Waals surface area contributed by atoms with Crippen LogP contribution in [0.1, 0.15) is 0 Å². The smallest absolute Gasteiger partial charge is 0.391 e. The molecule has 0 aliphatic carbocycles. The first kappa shape index (κ1) is 14.0. The van der Waals surface area contributed by atoms with Gasteiger partial charge in [-0.15, -0.1) is 0 Å². The lowest BCUT2D eigenvalue weighted by Crippen LogP contribution is -2.01. The highest BCUT2D eigenvalue weighted by atomic mass is 32.2. The van der Waals surface area contributed by atoms with Crippen molar-refractivity contribution in [2.75, 3.05) is 0 Å². The highest BCUT2D eigenvalue weighted by Gasteiger charge is 2.17. The maximum Gasteiger partial charge on any atom is 0.391 e. The van der Waals surface area contributed by atoms with Crippen LogP contribution in [0.25, 0.3) is 0 Å². The van der Waals surface area contributed by atoms with Crippen LogP contribution in [0.5, 0.6) is 5.75 Å². The van der Waals surface area contributed by atoms with Crippen LogP contribution in [0, 0.1) is 0 Å². The fourth-order valence-electron chi connectivity index (χ4n) is 1.51. The molecule has 0 atom stereocenters. The maximum atomic E-state index is 12.2. The van der Waals surface area contributed by atoms with Crippen molar-refractivity contribution in [1.29, 1.82) is 0 Å². The molecule has 0 bridgehead atoms. The van der Waals surface area contributed by atoms with E-state index >= 15 is 0 Å². The monoisotopic (exact) mass is 298 g/mol. The molecule has 0 saturated carbocycles. The minimum Gasteiger partial charge on any atom is -0.427 e. The summed E-state index contributed by atoms with van der Waals surface area (Å²) in [6, 6.07) is 13.5. The van der Waals surface area contributed by atoms with Gasteiger partial charge in [-0.05, 0) is 36.4 Å². The molecular formula is C12H11O5PS. The summed E-state index contributed by atoms with van der Waals surface area (Å²) in [7, 11) is -6.07. The van der Waals surface area contributed by atoms with Crippen LogP contribution in [0.4, 0.5) is 0 Å². The molecule has 0 radical (unpaired) electrons. The van der Waals surface area contributed by atoms with Crippen LogP contribution in [0.15, 0.2) is 64.4 Å². The van der Waals surface area contributed by atoms with Crippen LogP contribution < -0.4 is 4.52 Å². The first-order chi connectivity index (χ1) is 9.00. The molecule has 0 fully saturated rings. The van der Waals surface area contributed by atoms with Gasteiger partial charge < -0.3 is 14.3 Å². The maximum absolute atomic E-state index is 12.2. The van der Waals surface area contributed by atoms with Gasteiger partial charge in [0.25, 0.3) is 0 Å². The fraction of sp³-hybridized carbons (Fsp3) is 0. The quantitative estimate of drug-likeness (QED) is 0.845. The molecule has 2 rings (SSSR count). The highest BCUT2D eigenvalue weighted by molar-refractivity contribution is 7.91. The second-order valence-electron chi connectivity index (χ2n) is 3.63. The molecule has 100 valence electrons. The van der Waals surface area contributed by atoms with Gasteiger partial charge in [-0.2, -0.15) is 0 Å². The van der Waals surface area contributed by atoms with Crippen molar-refractivity contribution >= 4 is 18.4 Å². The summed E-state index contributed by atoms with van der Waals surface area (Å²) in [6.07, 6.45) is 0. The molecule has 0 saturated heterocycles. The van der Waals surface area contributed by atoms with E-state index in [4.69, 9.17) is 9.79 Å². The van der Waals surface area contributed by atoms with Crippen molar-refractivity contribution in [2.45, 2.75) is 9.79 Å². The number of hydrogen-bond donors (Lipinski definition) is 2. The zero-order valence-electron chi connectivity index (χ0n) is 9.67. The van der Waals surface area contributed by atoms with Crippen LogP contribution in [0.3, 0.4) is 0 Å². The topological polar surface area (TPSA) is 83.8 Å². The van der Waals surface area contributed by atoms with Gasteiger partial charge in [0.05, 0.1) is 9.79 Å². The van der Waals surface area contributed by atoms with Crippen LogP contribution >= 0.6 is 8.60 Å². The molecule has 2 N–H and O–H groups in total. The third-order valence-corrected chi connectivity index (χ3v) is 4.53. The van der Waals surface area contributed by atoms with E-state index in [9.17, 15) is 8.42 Å². The van der Waals surface area contributed by atoms with Gasteiger partial charge in [-0.1, -0.05) is 18.2 Å². The van der Waals surface area contributed by atoms with E-state index in [1.54, 1.807) is 18.2 Å². The zero-order chi connectivity index (χ0) is 13.9. The summed E-state index contributed by atoms with van der Waals surface area (Å²) in [6.45, 7) is 0. The molecular weight excluding hydrogens is 287 g/mol. The second kappa shape index (κ2) is 5.67. The average molecular weight is 298 g/mol. The molecule has 7 heteroatoms. The van der Waals surface area contributed by atoms with Crippen LogP contribution in [-0.4, -0.2) is 18.2 Å². The fourth-order valence-corrected chi connectivity index (χ4v) is 3.10. The van der Waals surface area contributed by atoms with E-state index in [0.29, 0.717) is 0 Å². The number of sulfone groups is 1. The molecule has 0 aliphatic heterocycles. The van der Waals surface area contributed by atoms with Crippen molar-refractivity contribution in [3.05, 3.63) is 54.6 Å². The van der Waals surface area contributed by atoms with Gasteiger partial charge in [-0.3, -0.25) is 0 Å². The van der Waals surface area contributed by atoms with Crippen molar-refractivity contribution in [1.82, 2.24) is 0 Å². The molecule has 0 aromatic heterocycles. The summed E-state index contributed by atoms with van der Waals surface area (Å²) in [5, 5.41) is 0. The molecule has 2 aromatic carbocycles. The average Bonchev–Trinajstić information content (AvgIpc) is 2.40. The van der Waals surface area contributed by atoms with Gasteiger partial charge in [0, 0.05) is 0 Å². The van der Waals surface area contributed by atoms with Gasteiger partial charge in [0.15, 0.2) is 0 Å². The van der Waals surface area contributed by atoms with Crippen molar-refractivity contribution in [2.24, 2.45) is 0 Å². The Labute approximate surface area is 112 Å². The van der Waals surface area contributed by atoms with Gasteiger partial charge in [-0.25, -0.2) is 8.42 Å². The first-order valence-corrected chi connectivity index (χ1v) is 7.91. The Hall–Kier alpha value is -1.46. The largest absolute Gasteiger partial charge is 0.427 e. The van der Waals surface area contributed by atoms with Crippen LogP contribution in [-0.2, 0) is 9.84 Å². The molecule has 0 aliphatic rings. The summed E-state index contributed by atoms with van der Waals surface area (Å²) in [4.78, 5) is 17.7. The Kier molecular flexibility index (Phi) is 4.17. The SMILES string of the molecule is O=S(=O)(c1ccccc1)c1ccc(OP(O)O)cc1. The molecule has 19 heavy (non-hydrogen) atoms. The van der Waals surface area contributed by atoms with Crippen molar-refractivity contribution < 1.29 is 22.7 Å².